The van der Waals surface area contributed by atoms with Gasteiger partial charge in [-0.1, -0.05) is 0 Å². The average molecular weight is 470 g/mol. The lowest BCUT2D eigenvalue weighted by Gasteiger charge is -2.10. The molecule has 12 heteroatoms. The molecule has 4 aromatic heterocycles. The van der Waals surface area contributed by atoms with Crippen LogP contribution in [-0.2, 0) is 0 Å². The number of H-pyrrole nitrogens is 2. The number of hydrogen-bond donors (Lipinski definition) is 4. The smallest absolute Gasteiger partial charge is 0.326 e. The number of nitrogens with zero attached hydrogens (tertiary/aromatic N) is 7. The molecule has 1 fully saturated rings. The number of anilines is 2. The number of rotatable bonds is 5. The Labute approximate surface area is 197 Å². The number of imidazole rings is 2. The van der Waals surface area contributed by atoms with Crippen LogP contribution in [0.25, 0.3) is 17.4 Å². The molecule has 0 unspecified atom stereocenters. The molecular weight excluding hydrogens is 448 g/mol. The second-order valence-corrected chi connectivity index (χ2v) is 8.63. The molecule has 1 aliphatic rings. The number of nitrogens with one attached hydrogen (secondary N) is 3. The molecule has 6 rings (SSSR count). The Kier molecular flexibility index (Phi) is 4.73. The van der Waals surface area contributed by atoms with Crippen LogP contribution in [0.5, 0.6) is 5.88 Å². The molecule has 12 nitrogen and oxygen atoms in total. The quantitative estimate of drug-likeness (QED) is 0.299. The lowest BCUT2D eigenvalue weighted by atomic mass is 10.2. The van der Waals surface area contributed by atoms with Gasteiger partial charge >= 0.3 is 5.69 Å². The summed E-state index contributed by atoms with van der Waals surface area (Å²) in [6, 6.07) is 6.28. The number of aromatic hydroxyl groups is 1. The van der Waals surface area contributed by atoms with Gasteiger partial charge in [-0.3, -0.25) is 4.98 Å². The van der Waals surface area contributed by atoms with Gasteiger partial charge in [0.1, 0.15) is 5.69 Å². The van der Waals surface area contributed by atoms with Crippen LogP contribution in [0.15, 0.2) is 46.7 Å². The predicted octanol–water partition coefficient (Wildman–Crippen LogP) is 1.00. The number of benzene rings is 1. The summed E-state index contributed by atoms with van der Waals surface area (Å²) < 4.78 is 3.52. The second kappa shape index (κ2) is 7.94. The molecular formula is C23H22N10O2. The van der Waals surface area contributed by atoms with E-state index in [9.17, 15) is 9.90 Å². The van der Waals surface area contributed by atoms with Crippen molar-refractivity contribution in [2.75, 3.05) is 5.32 Å². The van der Waals surface area contributed by atoms with Crippen LogP contribution in [0.4, 0.5) is 11.6 Å². The minimum Gasteiger partial charge on any atom is -0.493 e. The first-order valence-electron chi connectivity index (χ1n) is 11.1. The monoisotopic (exact) mass is 470 g/mol. The van der Waals surface area contributed by atoms with E-state index in [-0.39, 0.29) is 17.6 Å². The third-order valence-corrected chi connectivity index (χ3v) is 5.59. The van der Waals surface area contributed by atoms with Gasteiger partial charge < -0.3 is 20.0 Å². The molecule has 35 heavy (non-hydrogen) atoms. The van der Waals surface area contributed by atoms with Gasteiger partial charge in [0.15, 0.2) is 5.65 Å². The normalized spacial score (nSPS) is 14.8. The van der Waals surface area contributed by atoms with Crippen molar-refractivity contribution in [2.24, 2.45) is 4.99 Å². The first kappa shape index (κ1) is 20.8. The van der Waals surface area contributed by atoms with Gasteiger partial charge in [-0.05, 0) is 56.5 Å². The van der Waals surface area contributed by atoms with E-state index in [2.05, 4.69) is 41.4 Å². The Morgan fingerprint density at radius 3 is 2.77 bits per heavy atom. The van der Waals surface area contributed by atoms with Crippen molar-refractivity contribution in [2.45, 2.75) is 32.7 Å². The summed E-state index contributed by atoms with van der Waals surface area (Å²) in [5.41, 5.74) is 4.41. The number of aromatic amines is 2. The minimum absolute atomic E-state index is 0.220. The Morgan fingerprint density at radius 1 is 1.20 bits per heavy atom. The Balaban J connectivity index is 1.47. The number of fused-ring (bicyclic) bond motifs is 1. The third kappa shape index (κ3) is 4.16. The van der Waals surface area contributed by atoms with Gasteiger partial charge in [0.25, 0.3) is 5.62 Å². The van der Waals surface area contributed by atoms with Crippen molar-refractivity contribution in [3.63, 3.8) is 0 Å². The van der Waals surface area contributed by atoms with E-state index < -0.39 is 5.69 Å². The Hall–Kier alpha value is -4.74. The molecule has 1 aromatic carbocycles. The molecule has 5 aromatic rings. The minimum atomic E-state index is -0.505. The standard InChI is InChI=1S/C23H22N10O2/c1-12-5-16(8-17(6-12)32-10-13(2)24-11-32)26-21-29-19-14(7-18-20(34)30-23(35)28-18)9-25-33(19)22(31-21)27-15-3-4-15/h5-11,15,34H,3-4H2,1-2H3,(H,26,27,31)(H2,28,30,35). The highest BCUT2D eigenvalue weighted by Gasteiger charge is 2.21. The van der Waals surface area contributed by atoms with E-state index in [1.165, 1.54) is 0 Å². The highest BCUT2D eigenvalue weighted by atomic mass is 16.3. The molecule has 0 aliphatic heterocycles. The molecule has 4 N–H and O–H groups in total. The van der Waals surface area contributed by atoms with E-state index in [1.807, 2.05) is 36.7 Å². The highest BCUT2D eigenvalue weighted by Crippen LogP contribution is 2.23. The summed E-state index contributed by atoms with van der Waals surface area (Å²) in [5, 5.41) is 18.3. The van der Waals surface area contributed by atoms with Crippen molar-refractivity contribution >= 4 is 23.4 Å². The zero-order valence-corrected chi connectivity index (χ0v) is 19.0. The Bertz CT molecular complexity index is 1750. The fourth-order valence-electron chi connectivity index (χ4n) is 3.81. The lowest BCUT2D eigenvalue weighted by Crippen LogP contribution is -2.24. The zero-order chi connectivity index (χ0) is 24.1. The summed E-state index contributed by atoms with van der Waals surface area (Å²) >= 11 is 0. The fraction of sp³-hybridized carbons (Fsp3) is 0.217. The van der Waals surface area contributed by atoms with Crippen LogP contribution in [0, 0.1) is 13.8 Å². The summed E-state index contributed by atoms with van der Waals surface area (Å²) in [7, 11) is 0. The molecule has 0 saturated heterocycles. The van der Waals surface area contributed by atoms with Crippen molar-refractivity contribution in [1.29, 1.82) is 0 Å². The molecule has 0 amide bonds. The largest absolute Gasteiger partial charge is 0.493 e. The van der Waals surface area contributed by atoms with Gasteiger partial charge in [-0.2, -0.15) is 19.6 Å². The van der Waals surface area contributed by atoms with Gasteiger partial charge in [0, 0.05) is 22.8 Å². The van der Waals surface area contributed by atoms with Crippen molar-refractivity contribution in [3.8, 4) is 11.6 Å². The molecule has 4 heterocycles. The maximum atomic E-state index is 11.5. The van der Waals surface area contributed by atoms with Crippen molar-refractivity contribution in [1.82, 2.24) is 39.1 Å². The van der Waals surface area contributed by atoms with Gasteiger partial charge in [0.2, 0.25) is 11.8 Å². The first-order valence-corrected chi connectivity index (χ1v) is 11.1. The van der Waals surface area contributed by atoms with Crippen LogP contribution in [-0.4, -0.2) is 50.2 Å². The maximum absolute atomic E-state index is 11.5. The van der Waals surface area contributed by atoms with Gasteiger partial charge in [-0.25, -0.2) is 14.8 Å². The molecule has 176 valence electrons. The summed E-state index contributed by atoms with van der Waals surface area (Å²) in [6.45, 7) is 3.97. The summed E-state index contributed by atoms with van der Waals surface area (Å²) in [5.74, 6) is 0.101. The van der Waals surface area contributed by atoms with Crippen molar-refractivity contribution < 1.29 is 5.11 Å². The number of aromatic nitrogens is 8. The topological polar surface area (TPSA) is 154 Å². The zero-order valence-electron chi connectivity index (χ0n) is 19.0. The molecule has 0 spiro atoms. The Morgan fingerprint density at radius 2 is 2.06 bits per heavy atom. The molecule has 0 radical (unpaired) electrons. The van der Waals surface area contributed by atoms with E-state index in [0.29, 0.717) is 22.4 Å². The van der Waals surface area contributed by atoms with Crippen LogP contribution in [0.2, 0.25) is 0 Å². The van der Waals surface area contributed by atoms with Crippen molar-refractivity contribution in [3.05, 3.63) is 75.2 Å². The molecule has 1 saturated carbocycles. The average Bonchev–Trinajstić information content (AvgIpc) is 3.20. The second-order valence-electron chi connectivity index (χ2n) is 8.63. The summed E-state index contributed by atoms with van der Waals surface area (Å²) in [6.07, 6.45) is 8.95. The van der Waals surface area contributed by atoms with E-state index in [1.54, 1.807) is 23.1 Å². The van der Waals surface area contributed by atoms with Crippen LogP contribution in [0.3, 0.4) is 0 Å². The summed E-state index contributed by atoms with van der Waals surface area (Å²) in [4.78, 5) is 34.7. The van der Waals surface area contributed by atoms with Crippen LogP contribution in [0.1, 0.15) is 29.8 Å². The molecule has 0 bridgehead atoms. The van der Waals surface area contributed by atoms with Gasteiger partial charge in [-0.15, -0.1) is 0 Å². The predicted molar refractivity (Wildman–Crippen MR) is 128 cm³/mol. The van der Waals surface area contributed by atoms with Crippen LogP contribution < -0.4 is 21.8 Å². The maximum Gasteiger partial charge on any atom is 0.326 e. The highest BCUT2D eigenvalue weighted by molar-refractivity contribution is 5.62. The molecule has 1 aliphatic carbocycles. The van der Waals surface area contributed by atoms with Crippen LogP contribution >= 0.6 is 0 Å². The number of hydrogen-bond acceptors (Lipinski definition) is 8. The van der Waals surface area contributed by atoms with E-state index in [4.69, 9.17) is 4.99 Å². The first-order chi connectivity index (χ1) is 16.9. The van der Waals surface area contributed by atoms with E-state index >= 15 is 0 Å². The fourth-order valence-corrected chi connectivity index (χ4v) is 3.81. The number of aryl methyl sites for hydroxylation is 2. The van der Waals surface area contributed by atoms with Gasteiger partial charge in [0.05, 0.1) is 24.3 Å². The molecule has 0 atom stereocenters. The third-order valence-electron chi connectivity index (χ3n) is 5.59. The lowest BCUT2D eigenvalue weighted by molar-refractivity contribution is 0.454. The SMILES string of the molecule is Cc1cc(Nc2nc(=NC3CC3)n3ncc(=Cc4[nH]c(=O)[nH]c4O)c3n2)cc(-n2cnc(C)c2)c1. The van der Waals surface area contributed by atoms with E-state index in [0.717, 1.165) is 35.5 Å².